The van der Waals surface area contributed by atoms with Crippen molar-refractivity contribution in [1.29, 1.82) is 0 Å². The van der Waals surface area contributed by atoms with Crippen LogP contribution in [-0.2, 0) is 13.1 Å². The Morgan fingerprint density at radius 1 is 1.32 bits per heavy atom. The zero-order valence-electron chi connectivity index (χ0n) is 13.6. The first-order valence-electron chi connectivity index (χ1n) is 7.52. The number of urea groups is 1. The fourth-order valence-corrected chi connectivity index (χ4v) is 3.13. The lowest BCUT2D eigenvalue weighted by Gasteiger charge is -2.14. The molecule has 6 heteroatoms. The molecule has 2 heterocycles. The minimum absolute atomic E-state index is 0.119. The van der Waals surface area contributed by atoms with Gasteiger partial charge in [0.1, 0.15) is 0 Å². The first-order chi connectivity index (χ1) is 10.4. The van der Waals surface area contributed by atoms with E-state index in [2.05, 4.69) is 48.6 Å². The number of carbonyl (C=O) groups is 1. The Balaban J connectivity index is 1.70. The predicted molar refractivity (Wildman–Crippen MR) is 90.2 cm³/mol. The van der Waals surface area contributed by atoms with E-state index in [1.165, 1.54) is 9.75 Å². The smallest absolute Gasteiger partial charge is 0.315 e. The molecule has 0 fully saturated rings. The highest BCUT2D eigenvalue weighted by Crippen LogP contribution is 2.14. The number of nitrogens with one attached hydrogen (secondary N) is 2. The number of thiophene rings is 1. The Bertz CT molecular complexity index is 632. The number of rotatable bonds is 6. The SMILES string of the molecule is Cc1cc(C)n(C[C@H](C)CNC(=O)NCc2ccc(C)s2)n1. The molecule has 5 nitrogen and oxygen atoms in total. The van der Waals surface area contributed by atoms with Crippen LogP contribution in [0.1, 0.15) is 28.1 Å². The second-order valence-electron chi connectivity index (χ2n) is 5.79. The van der Waals surface area contributed by atoms with Crippen LogP contribution >= 0.6 is 11.3 Å². The average Bonchev–Trinajstić information content (AvgIpc) is 3.00. The Morgan fingerprint density at radius 3 is 2.68 bits per heavy atom. The topological polar surface area (TPSA) is 59.0 Å². The van der Waals surface area contributed by atoms with Gasteiger partial charge in [0.15, 0.2) is 0 Å². The van der Waals surface area contributed by atoms with Crippen molar-refractivity contribution in [3.8, 4) is 0 Å². The summed E-state index contributed by atoms with van der Waals surface area (Å²) in [5.74, 6) is 0.327. The predicted octanol–water partition coefficient (Wildman–Crippen LogP) is 3.01. The second kappa shape index (κ2) is 7.45. The molecule has 120 valence electrons. The van der Waals surface area contributed by atoms with E-state index in [0.717, 1.165) is 17.9 Å². The van der Waals surface area contributed by atoms with Crippen LogP contribution in [0.4, 0.5) is 4.79 Å². The minimum Gasteiger partial charge on any atom is -0.338 e. The van der Waals surface area contributed by atoms with Crippen molar-refractivity contribution in [1.82, 2.24) is 20.4 Å². The summed E-state index contributed by atoms with van der Waals surface area (Å²) in [6.45, 7) is 10.2. The third kappa shape index (κ3) is 4.87. The molecule has 22 heavy (non-hydrogen) atoms. The van der Waals surface area contributed by atoms with Gasteiger partial charge in [0.25, 0.3) is 0 Å². The van der Waals surface area contributed by atoms with E-state index in [1.54, 1.807) is 11.3 Å². The Morgan fingerprint density at radius 2 is 2.09 bits per heavy atom. The molecule has 0 spiro atoms. The summed E-state index contributed by atoms with van der Waals surface area (Å²) in [5.41, 5.74) is 2.18. The number of nitrogens with zero attached hydrogens (tertiary/aromatic N) is 2. The van der Waals surface area contributed by atoms with Crippen LogP contribution in [0, 0.1) is 26.7 Å². The third-order valence-electron chi connectivity index (χ3n) is 3.42. The lowest BCUT2D eigenvalue weighted by Crippen LogP contribution is -2.38. The first-order valence-corrected chi connectivity index (χ1v) is 8.33. The number of aromatic nitrogens is 2. The molecule has 0 aliphatic heterocycles. The van der Waals surface area contributed by atoms with Gasteiger partial charge in [-0.3, -0.25) is 4.68 Å². The molecule has 0 saturated carbocycles. The van der Waals surface area contributed by atoms with Crippen molar-refractivity contribution in [2.45, 2.75) is 40.8 Å². The van der Waals surface area contributed by atoms with Crippen LogP contribution in [0.2, 0.25) is 0 Å². The number of hydrogen-bond acceptors (Lipinski definition) is 3. The van der Waals surface area contributed by atoms with Crippen LogP contribution < -0.4 is 10.6 Å². The molecule has 1 atom stereocenters. The van der Waals surface area contributed by atoms with Crippen molar-refractivity contribution >= 4 is 17.4 Å². The van der Waals surface area contributed by atoms with Gasteiger partial charge in [-0.1, -0.05) is 6.92 Å². The first kappa shape index (κ1) is 16.5. The van der Waals surface area contributed by atoms with Gasteiger partial charge in [0.05, 0.1) is 12.2 Å². The fourth-order valence-electron chi connectivity index (χ4n) is 2.30. The van der Waals surface area contributed by atoms with Gasteiger partial charge in [-0.2, -0.15) is 5.10 Å². The number of carbonyl (C=O) groups excluding carboxylic acids is 1. The maximum atomic E-state index is 11.8. The average molecular weight is 320 g/mol. The van der Waals surface area contributed by atoms with Gasteiger partial charge in [0.2, 0.25) is 0 Å². The number of hydrogen-bond donors (Lipinski definition) is 2. The highest BCUT2D eigenvalue weighted by molar-refractivity contribution is 7.11. The Hall–Kier alpha value is -1.82. The minimum atomic E-state index is -0.119. The van der Waals surface area contributed by atoms with Crippen LogP contribution in [0.3, 0.4) is 0 Å². The zero-order chi connectivity index (χ0) is 16.1. The van der Waals surface area contributed by atoms with Gasteiger partial charge >= 0.3 is 6.03 Å². The Labute approximate surface area is 135 Å². The summed E-state index contributed by atoms with van der Waals surface area (Å²) in [7, 11) is 0. The van der Waals surface area contributed by atoms with Crippen molar-refractivity contribution in [2.75, 3.05) is 6.54 Å². The molecule has 0 aliphatic carbocycles. The normalized spacial score (nSPS) is 12.2. The van der Waals surface area contributed by atoms with Crippen molar-refractivity contribution < 1.29 is 4.79 Å². The van der Waals surface area contributed by atoms with Crippen LogP contribution in [-0.4, -0.2) is 22.4 Å². The van der Waals surface area contributed by atoms with Gasteiger partial charge in [-0.25, -0.2) is 4.79 Å². The molecule has 0 saturated heterocycles. The summed E-state index contributed by atoms with van der Waals surface area (Å²) in [5, 5.41) is 10.2. The highest BCUT2D eigenvalue weighted by Gasteiger charge is 2.09. The van der Waals surface area contributed by atoms with Crippen LogP contribution in [0.25, 0.3) is 0 Å². The maximum Gasteiger partial charge on any atom is 0.315 e. The van der Waals surface area contributed by atoms with Crippen LogP contribution in [0.15, 0.2) is 18.2 Å². The summed E-state index contributed by atoms with van der Waals surface area (Å²) in [6, 6.07) is 6.06. The summed E-state index contributed by atoms with van der Waals surface area (Å²) < 4.78 is 1.99. The summed E-state index contributed by atoms with van der Waals surface area (Å²) in [4.78, 5) is 14.2. The van der Waals surface area contributed by atoms with Gasteiger partial charge in [0, 0.05) is 28.5 Å². The second-order valence-corrected chi connectivity index (χ2v) is 7.16. The summed E-state index contributed by atoms with van der Waals surface area (Å²) >= 11 is 1.71. The quantitative estimate of drug-likeness (QED) is 0.859. The molecule has 0 aromatic carbocycles. The van der Waals surface area contributed by atoms with E-state index in [1.807, 2.05) is 17.7 Å². The molecule has 0 unspecified atom stereocenters. The molecular formula is C16H24N4OS. The van der Waals surface area contributed by atoms with Gasteiger partial charge < -0.3 is 10.6 Å². The Kier molecular flexibility index (Phi) is 5.60. The van der Waals surface area contributed by atoms with Gasteiger partial charge in [-0.15, -0.1) is 11.3 Å². The molecule has 2 N–H and O–H groups in total. The van der Waals surface area contributed by atoms with E-state index < -0.39 is 0 Å². The molecule has 2 amide bonds. The molecule has 0 aliphatic rings. The molecule has 2 aromatic rings. The van der Waals surface area contributed by atoms with E-state index in [-0.39, 0.29) is 6.03 Å². The monoisotopic (exact) mass is 320 g/mol. The van der Waals surface area contributed by atoms with Gasteiger partial charge in [-0.05, 0) is 44.9 Å². The van der Waals surface area contributed by atoms with E-state index in [4.69, 9.17) is 0 Å². The van der Waals surface area contributed by atoms with Crippen molar-refractivity contribution in [3.63, 3.8) is 0 Å². The maximum absolute atomic E-state index is 11.8. The van der Waals surface area contributed by atoms with Crippen molar-refractivity contribution in [2.24, 2.45) is 5.92 Å². The van der Waals surface area contributed by atoms with E-state index in [0.29, 0.717) is 19.0 Å². The zero-order valence-corrected chi connectivity index (χ0v) is 14.5. The summed E-state index contributed by atoms with van der Waals surface area (Å²) in [6.07, 6.45) is 0. The fraction of sp³-hybridized carbons (Fsp3) is 0.500. The highest BCUT2D eigenvalue weighted by atomic mass is 32.1. The molecule has 2 rings (SSSR count). The van der Waals surface area contributed by atoms with Crippen LogP contribution in [0.5, 0.6) is 0 Å². The van der Waals surface area contributed by atoms with Crippen molar-refractivity contribution in [3.05, 3.63) is 39.3 Å². The lowest BCUT2D eigenvalue weighted by atomic mass is 10.2. The number of amides is 2. The number of aryl methyl sites for hydroxylation is 3. The standard InChI is InChI=1S/C16H24N4OS/c1-11(10-20-13(3)7-12(2)19-20)8-17-16(21)18-9-15-6-5-14(4)22-15/h5-7,11H,8-10H2,1-4H3,(H2,17,18,21)/t11-/m1/s1. The largest absolute Gasteiger partial charge is 0.338 e. The molecule has 0 radical (unpaired) electrons. The lowest BCUT2D eigenvalue weighted by molar-refractivity contribution is 0.238. The molecule has 0 bridgehead atoms. The van der Waals surface area contributed by atoms with E-state index in [9.17, 15) is 4.79 Å². The third-order valence-corrected chi connectivity index (χ3v) is 4.42. The molecule has 2 aromatic heterocycles. The molecular weight excluding hydrogens is 296 g/mol. The van der Waals surface area contributed by atoms with E-state index >= 15 is 0 Å².